The molecule has 0 spiro atoms. The predicted octanol–water partition coefficient (Wildman–Crippen LogP) is 4.13. The van der Waals surface area contributed by atoms with Crippen molar-refractivity contribution in [1.29, 1.82) is 0 Å². The van der Waals surface area contributed by atoms with Crippen LogP contribution in [-0.4, -0.2) is 42.5 Å². The van der Waals surface area contributed by atoms with E-state index in [2.05, 4.69) is 17.1 Å². The van der Waals surface area contributed by atoms with Gasteiger partial charge in [0, 0.05) is 10.9 Å². The van der Waals surface area contributed by atoms with Gasteiger partial charge in [-0.25, -0.2) is 4.79 Å². The molecule has 0 unspecified atom stereocenters. The summed E-state index contributed by atoms with van der Waals surface area (Å²) >= 11 is 1.44. The van der Waals surface area contributed by atoms with Crippen molar-refractivity contribution in [2.24, 2.45) is 0 Å². The van der Waals surface area contributed by atoms with Crippen molar-refractivity contribution in [1.82, 2.24) is 4.90 Å². The molecule has 140 valence electrons. The van der Waals surface area contributed by atoms with E-state index in [1.807, 2.05) is 13.8 Å². The van der Waals surface area contributed by atoms with E-state index in [1.165, 1.54) is 43.4 Å². The lowest BCUT2D eigenvalue weighted by Crippen LogP contribution is -2.41. The minimum absolute atomic E-state index is 0.0563. The molecule has 0 radical (unpaired) electrons. The van der Waals surface area contributed by atoms with Crippen LogP contribution < -0.4 is 5.32 Å². The maximum atomic E-state index is 12.6. The van der Waals surface area contributed by atoms with Crippen LogP contribution in [0.2, 0.25) is 0 Å². The Balaban J connectivity index is 2.06. The summed E-state index contributed by atoms with van der Waals surface area (Å²) < 4.78 is 5.15. The number of anilines is 1. The number of carbonyl (C=O) groups excluding carboxylic acids is 2. The minimum atomic E-state index is -0.362. The fourth-order valence-electron chi connectivity index (χ4n) is 3.46. The maximum Gasteiger partial charge on any atom is 0.341 e. The van der Waals surface area contributed by atoms with Gasteiger partial charge in [-0.15, -0.1) is 11.3 Å². The second-order valence-electron chi connectivity index (χ2n) is 6.61. The molecule has 0 bridgehead atoms. The van der Waals surface area contributed by atoms with E-state index in [0.29, 0.717) is 29.8 Å². The monoisotopic (exact) mass is 366 g/mol. The number of nitrogens with one attached hydrogen (secondary N) is 1. The SMILES string of the molecule is CCOC(=O)c1c(NC(=O)CN(CC)C2CCCCC2)sc(C)c1C. The number of likely N-dealkylation sites (N-methyl/N-ethyl adjacent to an activating group) is 1. The molecule has 0 aromatic carbocycles. The first-order valence-corrected chi connectivity index (χ1v) is 10.1. The average molecular weight is 367 g/mol. The Hall–Kier alpha value is -1.40. The third-order valence-electron chi connectivity index (χ3n) is 4.96. The van der Waals surface area contributed by atoms with Crippen molar-refractivity contribution < 1.29 is 14.3 Å². The van der Waals surface area contributed by atoms with Crippen LogP contribution >= 0.6 is 11.3 Å². The van der Waals surface area contributed by atoms with Gasteiger partial charge < -0.3 is 10.1 Å². The largest absolute Gasteiger partial charge is 0.462 e. The van der Waals surface area contributed by atoms with Gasteiger partial charge in [-0.3, -0.25) is 9.69 Å². The molecule has 1 aromatic heterocycles. The normalized spacial score (nSPS) is 15.4. The molecule has 1 heterocycles. The molecule has 1 fully saturated rings. The second-order valence-corrected chi connectivity index (χ2v) is 7.84. The summed E-state index contributed by atoms with van der Waals surface area (Å²) in [4.78, 5) is 28.1. The van der Waals surface area contributed by atoms with E-state index < -0.39 is 0 Å². The summed E-state index contributed by atoms with van der Waals surface area (Å²) in [6.45, 7) is 9.31. The highest BCUT2D eigenvalue weighted by Crippen LogP contribution is 2.33. The summed E-state index contributed by atoms with van der Waals surface area (Å²) in [7, 11) is 0. The zero-order chi connectivity index (χ0) is 18.4. The lowest BCUT2D eigenvalue weighted by atomic mass is 9.94. The molecule has 25 heavy (non-hydrogen) atoms. The van der Waals surface area contributed by atoms with Gasteiger partial charge >= 0.3 is 5.97 Å². The lowest BCUT2D eigenvalue weighted by molar-refractivity contribution is -0.118. The van der Waals surface area contributed by atoms with E-state index >= 15 is 0 Å². The van der Waals surface area contributed by atoms with Gasteiger partial charge in [-0.1, -0.05) is 26.2 Å². The first-order chi connectivity index (χ1) is 12.0. The number of amides is 1. The molecular formula is C19H30N2O3S. The highest BCUT2D eigenvalue weighted by molar-refractivity contribution is 7.16. The number of hydrogen-bond acceptors (Lipinski definition) is 5. The standard InChI is InChI=1S/C19H30N2O3S/c1-5-21(15-10-8-7-9-11-15)12-16(22)20-18-17(19(23)24-6-2)13(3)14(4)25-18/h15H,5-12H2,1-4H3,(H,20,22). The molecule has 5 nitrogen and oxygen atoms in total. The summed E-state index contributed by atoms with van der Waals surface area (Å²) in [6, 6.07) is 0.501. The molecule has 0 atom stereocenters. The number of aryl methyl sites for hydroxylation is 1. The van der Waals surface area contributed by atoms with Gasteiger partial charge in [0.1, 0.15) is 5.00 Å². The molecule has 1 amide bonds. The molecule has 6 heteroatoms. The van der Waals surface area contributed by atoms with Gasteiger partial charge in [0.25, 0.3) is 0 Å². The van der Waals surface area contributed by atoms with E-state index in [1.54, 1.807) is 6.92 Å². The predicted molar refractivity (Wildman–Crippen MR) is 102 cm³/mol. The zero-order valence-corrected chi connectivity index (χ0v) is 16.6. The van der Waals surface area contributed by atoms with Crippen LogP contribution in [0.15, 0.2) is 0 Å². The highest BCUT2D eigenvalue weighted by Gasteiger charge is 2.25. The van der Waals surface area contributed by atoms with Crippen LogP contribution in [0, 0.1) is 13.8 Å². The molecule has 0 saturated heterocycles. The van der Waals surface area contributed by atoms with Crippen LogP contribution in [0.3, 0.4) is 0 Å². The van der Waals surface area contributed by atoms with Crippen LogP contribution in [0.25, 0.3) is 0 Å². The van der Waals surface area contributed by atoms with Gasteiger partial charge in [0.05, 0.1) is 18.7 Å². The molecular weight excluding hydrogens is 336 g/mol. The van der Waals surface area contributed by atoms with Crippen LogP contribution in [0.5, 0.6) is 0 Å². The van der Waals surface area contributed by atoms with E-state index in [9.17, 15) is 9.59 Å². The second kappa shape index (κ2) is 9.34. The van der Waals surface area contributed by atoms with Crippen molar-refractivity contribution in [2.75, 3.05) is 25.0 Å². The van der Waals surface area contributed by atoms with Crippen molar-refractivity contribution in [3.63, 3.8) is 0 Å². The molecule has 1 N–H and O–H groups in total. The van der Waals surface area contributed by atoms with Crippen molar-refractivity contribution in [3.8, 4) is 0 Å². The number of ether oxygens (including phenoxy) is 1. The van der Waals surface area contributed by atoms with Crippen molar-refractivity contribution in [2.45, 2.75) is 65.8 Å². The molecule has 1 aromatic rings. The Morgan fingerprint density at radius 1 is 1.20 bits per heavy atom. The van der Waals surface area contributed by atoms with Gasteiger partial charge in [-0.2, -0.15) is 0 Å². The number of carbonyl (C=O) groups is 2. The first-order valence-electron chi connectivity index (χ1n) is 9.28. The fourth-order valence-corrected chi connectivity index (χ4v) is 4.52. The molecule has 1 aliphatic carbocycles. The van der Waals surface area contributed by atoms with Gasteiger partial charge in [0.15, 0.2) is 0 Å². The van der Waals surface area contributed by atoms with Crippen molar-refractivity contribution in [3.05, 3.63) is 16.0 Å². The Labute approximate surface area is 154 Å². The Morgan fingerprint density at radius 2 is 1.88 bits per heavy atom. The number of rotatable bonds is 7. The number of esters is 1. The Morgan fingerprint density at radius 3 is 2.48 bits per heavy atom. The summed E-state index contributed by atoms with van der Waals surface area (Å²) in [5, 5.41) is 3.56. The third-order valence-corrected chi connectivity index (χ3v) is 6.08. The van der Waals surface area contributed by atoms with Crippen LogP contribution in [0.1, 0.15) is 66.8 Å². The van der Waals surface area contributed by atoms with Gasteiger partial charge in [0.2, 0.25) is 5.91 Å². The topological polar surface area (TPSA) is 58.6 Å². The maximum absolute atomic E-state index is 12.6. The van der Waals surface area contributed by atoms with E-state index in [4.69, 9.17) is 4.74 Å². The Bertz CT molecular complexity index is 606. The zero-order valence-electron chi connectivity index (χ0n) is 15.8. The number of hydrogen-bond donors (Lipinski definition) is 1. The summed E-state index contributed by atoms with van der Waals surface area (Å²) in [5.74, 6) is -0.418. The number of thiophene rings is 1. The quantitative estimate of drug-likeness (QED) is 0.737. The molecule has 2 rings (SSSR count). The summed E-state index contributed by atoms with van der Waals surface area (Å²) in [6.07, 6.45) is 6.15. The first kappa shape index (κ1) is 19.9. The summed E-state index contributed by atoms with van der Waals surface area (Å²) in [5.41, 5.74) is 1.39. The van der Waals surface area contributed by atoms with Gasteiger partial charge in [-0.05, 0) is 45.7 Å². The fraction of sp³-hybridized carbons (Fsp3) is 0.684. The van der Waals surface area contributed by atoms with Crippen LogP contribution in [-0.2, 0) is 9.53 Å². The lowest BCUT2D eigenvalue weighted by Gasteiger charge is -2.32. The molecule has 1 saturated carbocycles. The van der Waals surface area contributed by atoms with Crippen molar-refractivity contribution >= 4 is 28.2 Å². The average Bonchev–Trinajstić information content (AvgIpc) is 2.87. The molecule has 1 aliphatic rings. The van der Waals surface area contributed by atoms with E-state index in [0.717, 1.165) is 17.0 Å². The highest BCUT2D eigenvalue weighted by atomic mass is 32.1. The Kier molecular flexibility index (Phi) is 7.44. The van der Waals surface area contributed by atoms with E-state index in [-0.39, 0.29) is 11.9 Å². The van der Waals surface area contributed by atoms with Crippen LogP contribution in [0.4, 0.5) is 5.00 Å². The molecule has 0 aliphatic heterocycles. The third kappa shape index (κ3) is 5.05. The minimum Gasteiger partial charge on any atom is -0.462 e. The number of nitrogens with zero attached hydrogens (tertiary/aromatic N) is 1. The smallest absolute Gasteiger partial charge is 0.341 e.